The maximum Gasteiger partial charge on any atom is 0.416 e. The van der Waals surface area contributed by atoms with E-state index < -0.39 is 23.8 Å². The molecule has 0 bridgehead atoms. The lowest BCUT2D eigenvalue weighted by molar-refractivity contribution is -0.141. The summed E-state index contributed by atoms with van der Waals surface area (Å²) >= 11 is 0. The number of halogens is 3. The van der Waals surface area contributed by atoms with Crippen LogP contribution in [0.15, 0.2) is 36.9 Å². The van der Waals surface area contributed by atoms with Crippen molar-refractivity contribution in [1.29, 1.82) is 0 Å². The average molecular weight is 338 g/mol. The van der Waals surface area contributed by atoms with Gasteiger partial charge in [0.25, 0.3) is 0 Å². The number of rotatable bonds is 3. The van der Waals surface area contributed by atoms with Crippen LogP contribution in [-0.2, 0) is 11.0 Å². The van der Waals surface area contributed by atoms with Crippen LogP contribution in [0.3, 0.4) is 0 Å². The minimum atomic E-state index is -4.44. The molecule has 5 nitrogen and oxygen atoms in total. The Balaban J connectivity index is 1.91. The fourth-order valence-electron chi connectivity index (χ4n) is 3.17. The Morgan fingerprint density at radius 3 is 2.75 bits per heavy atom. The van der Waals surface area contributed by atoms with Gasteiger partial charge in [-0.3, -0.25) is 4.79 Å². The van der Waals surface area contributed by atoms with Crippen molar-refractivity contribution in [2.24, 2.45) is 0 Å². The Labute approximate surface area is 137 Å². The van der Waals surface area contributed by atoms with Crippen LogP contribution in [0.4, 0.5) is 13.2 Å². The fraction of sp³-hybridized carbons (Fsp3) is 0.438. The Hall–Kier alpha value is -2.38. The molecule has 0 spiro atoms. The minimum Gasteiger partial charge on any atom is -0.334 e. The fourth-order valence-corrected chi connectivity index (χ4v) is 3.17. The average Bonchev–Trinajstić information content (AvgIpc) is 3.24. The van der Waals surface area contributed by atoms with Gasteiger partial charge in [-0.2, -0.15) is 18.3 Å². The SMILES string of the molecule is CC(C(=O)N1CCCC1c1ccccc1C(F)(F)F)n1cncn1. The topological polar surface area (TPSA) is 51.0 Å². The van der Waals surface area contributed by atoms with Gasteiger partial charge in [0.2, 0.25) is 5.91 Å². The van der Waals surface area contributed by atoms with Crippen LogP contribution in [0.25, 0.3) is 0 Å². The first kappa shape index (κ1) is 16.5. The van der Waals surface area contributed by atoms with Crippen molar-refractivity contribution in [1.82, 2.24) is 19.7 Å². The number of alkyl halides is 3. The number of hydrogen-bond acceptors (Lipinski definition) is 3. The second kappa shape index (κ2) is 6.26. The zero-order valence-corrected chi connectivity index (χ0v) is 13.1. The summed E-state index contributed by atoms with van der Waals surface area (Å²) in [4.78, 5) is 18.1. The summed E-state index contributed by atoms with van der Waals surface area (Å²) in [6.45, 7) is 2.11. The van der Waals surface area contributed by atoms with Crippen LogP contribution in [-0.4, -0.2) is 32.1 Å². The van der Waals surface area contributed by atoms with E-state index in [1.165, 1.54) is 34.4 Å². The van der Waals surface area contributed by atoms with Gasteiger partial charge in [0, 0.05) is 6.54 Å². The minimum absolute atomic E-state index is 0.154. The Kier molecular flexibility index (Phi) is 4.29. The second-order valence-corrected chi connectivity index (χ2v) is 5.83. The highest BCUT2D eigenvalue weighted by Crippen LogP contribution is 2.40. The summed E-state index contributed by atoms with van der Waals surface area (Å²) in [7, 11) is 0. The molecule has 1 aromatic heterocycles. The van der Waals surface area contributed by atoms with Crippen LogP contribution in [0.1, 0.15) is 43.0 Å². The third-order valence-electron chi connectivity index (χ3n) is 4.35. The predicted octanol–water partition coefficient (Wildman–Crippen LogP) is 3.22. The monoisotopic (exact) mass is 338 g/mol. The molecule has 2 heterocycles. The summed E-state index contributed by atoms with van der Waals surface area (Å²) in [5.74, 6) is -0.250. The molecule has 24 heavy (non-hydrogen) atoms. The molecule has 1 aliphatic heterocycles. The lowest BCUT2D eigenvalue weighted by Gasteiger charge is -2.29. The molecule has 0 aliphatic carbocycles. The second-order valence-electron chi connectivity index (χ2n) is 5.83. The van der Waals surface area contributed by atoms with Gasteiger partial charge in [0.15, 0.2) is 0 Å². The molecule has 3 rings (SSSR count). The molecule has 1 saturated heterocycles. The molecule has 128 valence electrons. The maximum atomic E-state index is 13.3. The highest BCUT2D eigenvalue weighted by Gasteiger charge is 2.39. The van der Waals surface area contributed by atoms with Crippen LogP contribution in [0.2, 0.25) is 0 Å². The molecule has 1 amide bonds. The highest BCUT2D eigenvalue weighted by atomic mass is 19.4. The molecular formula is C16H17F3N4O. The summed E-state index contributed by atoms with van der Waals surface area (Å²) in [5.41, 5.74) is -0.523. The van der Waals surface area contributed by atoms with Crippen molar-refractivity contribution in [3.8, 4) is 0 Å². The van der Waals surface area contributed by atoms with E-state index in [9.17, 15) is 18.0 Å². The van der Waals surface area contributed by atoms with Gasteiger partial charge >= 0.3 is 6.18 Å². The molecule has 0 N–H and O–H groups in total. The molecule has 1 fully saturated rings. The number of aromatic nitrogens is 3. The van der Waals surface area contributed by atoms with Gasteiger partial charge in [-0.15, -0.1) is 0 Å². The van der Waals surface area contributed by atoms with Crippen molar-refractivity contribution in [2.45, 2.75) is 38.0 Å². The lowest BCUT2D eigenvalue weighted by atomic mass is 9.97. The van der Waals surface area contributed by atoms with Crippen molar-refractivity contribution < 1.29 is 18.0 Å². The highest BCUT2D eigenvalue weighted by molar-refractivity contribution is 5.80. The first-order chi connectivity index (χ1) is 11.4. The van der Waals surface area contributed by atoms with E-state index >= 15 is 0 Å². The van der Waals surface area contributed by atoms with Crippen LogP contribution in [0, 0.1) is 0 Å². The zero-order chi connectivity index (χ0) is 17.3. The largest absolute Gasteiger partial charge is 0.416 e. The van der Waals surface area contributed by atoms with Crippen molar-refractivity contribution in [2.75, 3.05) is 6.54 Å². The van der Waals surface area contributed by atoms with Crippen LogP contribution >= 0.6 is 0 Å². The van der Waals surface area contributed by atoms with Crippen LogP contribution in [0.5, 0.6) is 0 Å². The van der Waals surface area contributed by atoms with E-state index in [1.807, 2.05) is 0 Å². The number of hydrogen-bond donors (Lipinski definition) is 0. The smallest absolute Gasteiger partial charge is 0.334 e. The van der Waals surface area contributed by atoms with E-state index in [-0.39, 0.29) is 11.5 Å². The molecular weight excluding hydrogens is 321 g/mol. The standard InChI is InChI=1S/C16H17F3N4O/c1-11(23-10-20-9-21-23)15(24)22-8-4-7-14(22)12-5-2-3-6-13(12)16(17,18)19/h2-3,5-6,9-11,14H,4,7-8H2,1H3. The van der Waals surface area contributed by atoms with Gasteiger partial charge in [-0.1, -0.05) is 18.2 Å². The third-order valence-corrected chi connectivity index (χ3v) is 4.35. The van der Waals surface area contributed by atoms with Crippen molar-refractivity contribution >= 4 is 5.91 Å². The Bertz CT molecular complexity index is 714. The van der Waals surface area contributed by atoms with E-state index in [1.54, 1.807) is 13.0 Å². The normalized spacial score (nSPS) is 19.5. The first-order valence-electron chi connectivity index (χ1n) is 7.70. The summed E-state index contributed by atoms with van der Waals surface area (Å²) in [5, 5.41) is 3.94. The summed E-state index contributed by atoms with van der Waals surface area (Å²) < 4.78 is 41.3. The van der Waals surface area contributed by atoms with E-state index in [2.05, 4.69) is 10.1 Å². The Morgan fingerprint density at radius 1 is 1.33 bits per heavy atom. The molecule has 2 unspecified atom stereocenters. The molecule has 0 saturated carbocycles. The van der Waals surface area contributed by atoms with Crippen molar-refractivity contribution in [3.63, 3.8) is 0 Å². The van der Waals surface area contributed by atoms with Crippen LogP contribution < -0.4 is 0 Å². The molecule has 2 atom stereocenters. The molecule has 1 aromatic carbocycles. The summed E-state index contributed by atoms with van der Waals surface area (Å²) in [6, 6.07) is 4.29. The molecule has 2 aromatic rings. The van der Waals surface area contributed by atoms with Gasteiger partial charge < -0.3 is 4.90 Å². The first-order valence-corrected chi connectivity index (χ1v) is 7.70. The number of nitrogens with zero attached hydrogens (tertiary/aromatic N) is 4. The van der Waals surface area contributed by atoms with E-state index in [0.29, 0.717) is 19.4 Å². The van der Waals surface area contributed by atoms with Gasteiger partial charge in [-0.05, 0) is 31.4 Å². The third kappa shape index (κ3) is 3.00. The number of benzene rings is 1. The maximum absolute atomic E-state index is 13.3. The number of amides is 1. The molecule has 8 heteroatoms. The quantitative estimate of drug-likeness (QED) is 0.863. The lowest BCUT2D eigenvalue weighted by Crippen LogP contribution is -2.36. The van der Waals surface area contributed by atoms with Gasteiger partial charge in [0.1, 0.15) is 18.7 Å². The zero-order valence-electron chi connectivity index (χ0n) is 13.1. The van der Waals surface area contributed by atoms with E-state index in [0.717, 1.165) is 6.07 Å². The molecule has 0 radical (unpaired) electrons. The van der Waals surface area contributed by atoms with Gasteiger partial charge in [0.05, 0.1) is 11.6 Å². The van der Waals surface area contributed by atoms with Crippen molar-refractivity contribution in [3.05, 3.63) is 48.0 Å². The number of likely N-dealkylation sites (tertiary alicyclic amines) is 1. The molecule has 1 aliphatic rings. The summed E-state index contributed by atoms with van der Waals surface area (Å²) in [6.07, 6.45) is -0.498. The Morgan fingerprint density at radius 2 is 2.08 bits per heavy atom. The van der Waals surface area contributed by atoms with Gasteiger partial charge in [-0.25, -0.2) is 9.67 Å². The predicted molar refractivity (Wildman–Crippen MR) is 79.9 cm³/mol. The van der Waals surface area contributed by atoms with E-state index in [4.69, 9.17) is 0 Å². The number of carbonyl (C=O) groups excluding carboxylic acids is 1. The number of carbonyl (C=O) groups is 1.